The largest absolute Gasteiger partial charge is 0.481 e. The molecule has 0 aliphatic heterocycles. The van der Waals surface area contributed by atoms with E-state index in [4.69, 9.17) is 9.47 Å². The van der Waals surface area contributed by atoms with Gasteiger partial charge in [-0.15, -0.1) is 0 Å². The first kappa shape index (κ1) is 17.7. The Bertz CT molecular complexity index is 940. The second-order valence-corrected chi connectivity index (χ2v) is 6.09. The lowest BCUT2D eigenvalue weighted by Crippen LogP contribution is -2.31. The first-order chi connectivity index (χ1) is 12.5. The van der Waals surface area contributed by atoms with Gasteiger partial charge in [-0.1, -0.05) is 42.8 Å². The number of aromatic nitrogens is 1. The minimum Gasteiger partial charge on any atom is -0.481 e. The monoisotopic (exact) mass is 351 g/mol. The highest BCUT2D eigenvalue weighted by atomic mass is 16.5. The summed E-state index contributed by atoms with van der Waals surface area (Å²) < 4.78 is 12.2. The van der Waals surface area contributed by atoms with Gasteiger partial charge in [0, 0.05) is 11.6 Å². The van der Waals surface area contributed by atoms with Crippen LogP contribution in [0.1, 0.15) is 34.1 Å². The van der Waals surface area contributed by atoms with E-state index >= 15 is 0 Å². The fourth-order valence-electron chi connectivity index (χ4n) is 2.88. The van der Waals surface area contributed by atoms with Crippen molar-refractivity contribution in [3.8, 4) is 5.75 Å². The van der Waals surface area contributed by atoms with Crippen LogP contribution in [0.25, 0.3) is 10.9 Å². The van der Waals surface area contributed by atoms with Crippen molar-refractivity contribution in [1.82, 2.24) is 4.57 Å². The van der Waals surface area contributed by atoms with E-state index in [9.17, 15) is 9.59 Å². The third kappa shape index (κ3) is 3.33. The number of esters is 1. The Labute approximate surface area is 152 Å². The summed E-state index contributed by atoms with van der Waals surface area (Å²) in [5.74, 6) is -0.0554. The first-order valence-corrected chi connectivity index (χ1v) is 8.51. The molecule has 0 bridgehead atoms. The number of methoxy groups -OCH3 is 1. The second kappa shape index (κ2) is 7.44. The lowest BCUT2D eigenvalue weighted by atomic mass is 10.2. The van der Waals surface area contributed by atoms with Crippen LogP contribution in [0.5, 0.6) is 5.75 Å². The quantitative estimate of drug-likeness (QED) is 0.645. The Morgan fingerprint density at radius 1 is 1.08 bits per heavy atom. The van der Waals surface area contributed by atoms with Crippen molar-refractivity contribution < 1.29 is 19.1 Å². The van der Waals surface area contributed by atoms with Crippen LogP contribution >= 0.6 is 0 Å². The van der Waals surface area contributed by atoms with Gasteiger partial charge in [0.05, 0.1) is 18.2 Å². The number of aryl methyl sites for hydroxylation is 1. The Morgan fingerprint density at radius 2 is 1.77 bits per heavy atom. The van der Waals surface area contributed by atoms with E-state index in [2.05, 4.69) is 0 Å². The topological polar surface area (TPSA) is 57.5 Å². The first-order valence-electron chi connectivity index (χ1n) is 8.51. The molecule has 1 aromatic heterocycles. The summed E-state index contributed by atoms with van der Waals surface area (Å²) in [7, 11) is 1.33. The number of nitrogens with zero attached hydrogens (tertiary/aromatic N) is 1. The fraction of sp³-hybridized carbons (Fsp3) is 0.238. The van der Waals surface area contributed by atoms with Gasteiger partial charge in [-0.05, 0) is 31.5 Å². The molecule has 0 saturated heterocycles. The van der Waals surface area contributed by atoms with Crippen LogP contribution < -0.4 is 4.74 Å². The van der Waals surface area contributed by atoms with Crippen LogP contribution in [0.3, 0.4) is 0 Å². The minimum absolute atomic E-state index is 0.223. The molecule has 0 fully saturated rings. The molecular formula is C21H21NO4. The van der Waals surface area contributed by atoms with Gasteiger partial charge >= 0.3 is 5.97 Å². The van der Waals surface area contributed by atoms with Gasteiger partial charge in [0.2, 0.25) is 0 Å². The third-order valence-electron chi connectivity index (χ3n) is 4.30. The van der Waals surface area contributed by atoms with Crippen molar-refractivity contribution in [1.29, 1.82) is 0 Å². The Hall–Kier alpha value is -3.08. The molecule has 0 amide bonds. The fourth-order valence-corrected chi connectivity index (χ4v) is 2.88. The highest BCUT2D eigenvalue weighted by Gasteiger charge is 2.25. The highest BCUT2D eigenvalue weighted by Crippen LogP contribution is 2.24. The van der Waals surface area contributed by atoms with Gasteiger partial charge in [0.15, 0.2) is 6.10 Å². The smallest absolute Gasteiger partial charge is 0.340 e. The van der Waals surface area contributed by atoms with Crippen molar-refractivity contribution in [2.75, 3.05) is 7.11 Å². The maximum atomic E-state index is 13.1. The normalized spacial score (nSPS) is 12.0. The van der Waals surface area contributed by atoms with E-state index in [0.29, 0.717) is 28.6 Å². The van der Waals surface area contributed by atoms with E-state index in [-0.39, 0.29) is 5.91 Å². The zero-order chi connectivity index (χ0) is 18.7. The van der Waals surface area contributed by atoms with Crippen molar-refractivity contribution in [2.24, 2.45) is 0 Å². The van der Waals surface area contributed by atoms with E-state index < -0.39 is 12.1 Å². The number of fused-ring (bicyclic) bond motifs is 1. The molecule has 5 nitrogen and oxygen atoms in total. The molecule has 1 heterocycles. The number of hydrogen-bond donors (Lipinski definition) is 0. The molecule has 0 aliphatic rings. The van der Waals surface area contributed by atoms with E-state index in [1.54, 1.807) is 12.1 Å². The molecule has 5 heteroatoms. The van der Waals surface area contributed by atoms with Crippen molar-refractivity contribution in [3.63, 3.8) is 0 Å². The lowest BCUT2D eigenvalue weighted by Gasteiger charge is -2.17. The second-order valence-electron chi connectivity index (χ2n) is 6.09. The van der Waals surface area contributed by atoms with Crippen molar-refractivity contribution in [2.45, 2.75) is 26.4 Å². The molecule has 134 valence electrons. The summed E-state index contributed by atoms with van der Waals surface area (Å²) >= 11 is 0. The molecule has 0 saturated carbocycles. The van der Waals surface area contributed by atoms with Crippen LogP contribution in [0, 0.1) is 6.92 Å². The SMILES string of the molecule is CCC(Oc1ccc(C)cc1)C(=O)n1cc(C(=O)OC)c2ccccc21. The van der Waals surface area contributed by atoms with Gasteiger partial charge in [-0.3, -0.25) is 9.36 Å². The van der Waals surface area contributed by atoms with Gasteiger partial charge in [0.25, 0.3) is 5.91 Å². The van der Waals surface area contributed by atoms with Gasteiger partial charge in [0.1, 0.15) is 5.75 Å². The number of carbonyl (C=O) groups is 2. The highest BCUT2D eigenvalue weighted by molar-refractivity contribution is 6.07. The predicted molar refractivity (Wildman–Crippen MR) is 99.8 cm³/mol. The number of hydrogen-bond acceptors (Lipinski definition) is 4. The van der Waals surface area contributed by atoms with E-state index in [1.165, 1.54) is 17.9 Å². The summed E-state index contributed by atoms with van der Waals surface area (Å²) in [4.78, 5) is 25.1. The maximum Gasteiger partial charge on any atom is 0.340 e. The Kier molecular flexibility index (Phi) is 5.07. The zero-order valence-electron chi connectivity index (χ0n) is 15.1. The molecule has 0 spiro atoms. The number of benzene rings is 2. The van der Waals surface area contributed by atoms with Crippen LogP contribution in [0.4, 0.5) is 0 Å². The van der Waals surface area contributed by atoms with Crippen molar-refractivity contribution in [3.05, 3.63) is 65.9 Å². The van der Waals surface area contributed by atoms with Crippen LogP contribution in [0.2, 0.25) is 0 Å². The molecule has 0 aliphatic carbocycles. The standard InChI is InChI=1S/C21H21NO4/c1-4-19(26-15-11-9-14(2)10-12-15)20(23)22-13-17(21(24)25-3)16-7-5-6-8-18(16)22/h5-13,19H,4H2,1-3H3. The molecule has 0 radical (unpaired) electrons. The van der Waals surface area contributed by atoms with Crippen LogP contribution in [-0.4, -0.2) is 29.7 Å². The van der Waals surface area contributed by atoms with Crippen LogP contribution in [-0.2, 0) is 4.74 Å². The van der Waals surface area contributed by atoms with Crippen molar-refractivity contribution >= 4 is 22.8 Å². The van der Waals surface area contributed by atoms with Gasteiger partial charge in [-0.2, -0.15) is 0 Å². The minimum atomic E-state index is -0.654. The number of ether oxygens (including phenoxy) is 2. The van der Waals surface area contributed by atoms with Gasteiger partial charge in [-0.25, -0.2) is 4.79 Å². The summed E-state index contributed by atoms with van der Waals surface area (Å²) in [5.41, 5.74) is 2.14. The Balaban J connectivity index is 1.97. The summed E-state index contributed by atoms with van der Waals surface area (Å²) in [6, 6.07) is 14.8. The maximum absolute atomic E-state index is 13.1. The molecule has 1 unspecified atom stereocenters. The van der Waals surface area contributed by atoms with Gasteiger partial charge < -0.3 is 9.47 Å². The average molecular weight is 351 g/mol. The molecule has 0 N–H and O–H groups in total. The van der Waals surface area contributed by atoms with Crippen LogP contribution in [0.15, 0.2) is 54.7 Å². The van der Waals surface area contributed by atoms with E-state index in [1.807, 2.05) is 50.2 Å². The predicted octanol–water partition coefficient (Wildman–Crippen LogP) is 4.23. The lowest BCUT2D eigenvalue weighted by molar-refractivity contribution is 0.0602. The molecule has 1 atom stereocenters. The van der Waals surface area contributed by atoms with E-state index in [0.717, 1.165) is 5.56 Å². The third-order valence-corrected chi connectivity index (χ3v) is 4.30. The zero-order valence-corrected chi connectivity index (χ0v) is 15.1. The number of rotatable bonds is 5. The average Bonchev–Trinajstić information content (AvgIpc) is 3.06. The number of para-hydroxylation sites is 1. The summed E-state index contributed by atoms with van der Waals surface area (Å²) in [6.45, 7) is 3.89. The molecule has 3 rings (SSSR count). The summed E-state index contributed by atoms with van der Waals surface area (Å²) in [6.07, 6.45) is 1.38. The summed E-state index contributed by atoms with van der Waals surface area (Å²) in [5, 5.41) is 0.679. The molecule has 26 heavy (non-hydrogen) atoms. The Morgan fingerprint density at radius 3 is 2.42 bits per heavy atom. The molecular weight excluding hydrogens is 330 g/mol. The molecule has 3 aromatic rings. The molecule has 2 aromatic carbocycles. The number of carbonyl (C=O) groups excluding carboxylic acids is 2.